The largest absolute Gasteiger partial charge is 0.396 e. The van der Waals surface area contributed by atoms with Crippen molar-refractivity contribution < 1.29 is 9.90 Å². The number of nitrogens with one attached hydrogen (secondary N) is 2. The Kier molecular flexibility index (Phi) is 6.18. The molecule has 0 radical (unpaired) electrons. The van der Waals surface area contributed by atoms with E-state index in [4.69, 9.17) is 5.11 Å². The van der Waals surface area contributed by atoms with Crippen LogP contribution in [0, 0.1) is 0 Å². The van der Waals surface area contributed by atoms with Crippen molar-refractivity contribution in [3.05, 3.63) is 29.8 Å². The van der Waals surface area contributed by atoms with Crippen molar-refractivity contribution in [2.24, 2.45) is 0 Å². The molecule has 100 valence electrons. The first-order valence-corrected chi connectivity index (χ1v) is 6.01. The minimum Gasteiger partial charge on any atom is -0.396 e. The molecule has 0 aromatic heterocycles. The number of hydrogen-bond acceptors (Lipinski definition) is 3. The molecule has 0 atom stereocenters. The van der Waals surface area contributed by atoms with Gasteiger partial charge in [0.15, 0.2) is 0 Å². The van der Waals surface area contributed by atoms with Gasteiger partial charge in [0, 0.05) is 25.4 Å². The maximum atomic E-state index is 11.5. The zero-order valence-electron chi connectivity index (χ0n) is 10.9. The van der Waals surface area contributed by atoms with Gasteiger partial charge in [0.2, 0.25) is 0 Å². The predicted octanol–water partition coefficient (Wildman–Crippen LogP) is 1.25. The highest BCUT2D eigenvalue weighted by atomic mass is 16.3. The first-order valence-electron chi connectivity index (χ1n) is 6.01. The summed E-state index contributed by atoms with van der Waals surface area (Å²) < 4.78 is 0. The van der Waals surface area contributed by atoms with Crippen LogP contribution in [0.3, 0.4) is 0 Å². The lowest BCUT2D eigenvalue weighted by molar-refractivity contribution is 0.249. The number of carbonyl (C=O) groups is 1. The Bertz CT molecular complexity index is 380. The fourth-order valence-electron chi connectivity index (χ4n) is 1.57. The lowest BCUT2D eigenvalue weighted by Gasteiger charge is -2.11. The smallest absolute Gasteiger partial charge is 0.319 e. The Morgan fingerprint density at radius 3 is 2.83 bits per heavy atom. The van der Waals surface area contributed by atoms with Crippen LogP contribution in [0.2, 0.25) is 0 Å². The number of hydrogen-bond donors (Lipinski definition) is 3. The number of rotatable bonds is 6. The fourth-order valence-corrected chi connectivity index (χ4v) is 1.57. The van der Waals surface area contributed by atoms with Crippen molar-refractivity contribution in [3.63, 3.8) is 0 Å². The second kappa shape index (κ2) is 7.68. The van der Waals surface area contributed by atoms with Crippen LogP contribution in [0.15, 0.2) is 24.3 Å². The molecule has 0 aliphatic rings. The van der Waals surface area contributed by atoms with Gasteiger partial charge in [-0.1, -0.05) is 12.1 Å². The predicted molar refractivity (Wildman–Crippen MR) is 72.6 cm³/mol. The van der Waals surface area contributed by atoms with Crippen LogP contribution in [0.25, 0.3) is 0 Å². The molecule has 18 heavy (non-hydrogen) atoms. The molecule has 0 fully saturated rings. The third kappa shape index (κ3) is 5.65. The first kappa shape index (κ1) is 14.5. The maximum absolute atomic E-state index is 11.5. The Labute approximate surface area is 108 Å². The molecule has 1 aromatic rings. The minimum absolute atomic E-state index is 0.0819. The van der Waals surface area contributed by atoms with Gasteiger partial charge in [0.1, 0.15) is 0 Å². The van der Waals surface area contributed by atoms with Crippen LogP contribution >= 0.6 is 0 Å². The number of aliphatic hydroxyl groups is 1. The number of nitrogens with zero attached hydrogens (tertiary/aromatic N) is 1. The van der Waals surface area contributed by atoms with Gasteiger partial charge in [0.05, 0.1) is 0 Å². The number of benzene rings is 1. The van der Waals surface area contributed by atoms with Crippen molar-refractivity contribution in [3.8, 4) is 0 Å². The van der Waals surface area contributed by atoms with Crippen molar-refractivity contribution in [2.45, 2.75) is 13.0 Å². The molecule has 0 saturated carbocycles. The van der Waals surface area contributed by atoms with E-state index in [1.54, 1.807) is 0 Å². The summed E-state index contributed by atoms with van der Waals surface area (Å²) >= 11 is 0. The zero-order chi connectivity index (χ0) is 13.4. The van der Waals surface area contributed by atoms with Crippen molar-refractivity contribution in [1.82, 2.24) is 10.2 Å². The van der Waals surface area contributed by atoms with Gasteiger partial charge in [-0.3, -0.25) is 0 Å². The van der Waals surface area contributed by atoms with E-state index in [2.05, 4.69) is 15.5 Å². The summed E-state index contributed by atoms with van der Waals surface area (Å²) in [7, 11) is 4.00. The standard InChI is InChI=1S/C13H21N3O2/c1-16(2)10-11-5-3-6-12(9-11)15-13(18)14-7-4-8-17/h3,5-6,9,17H,4,7-8,10H2,1-2H3,(H2,14,15,18). The lowest BCUT2D eigenvalue weighted by atomic mass is 10.2. The van der Waals surface area contributed by atoms with Gasteiger partial charge in [0.25, 0.3) is 0 Å². The summed E-state index contributed by atoms with van der Waals surface area (Å²) in [6.07, 6.45) is 0.564. The summed E-state index contributed by atoms with van der Waals surface area (Å²) in [5.74, 6) is 0. The molecule has 5 heteroatoms. The van der Waals surface area contributed by atoms with Gasteiger partial charge in [-0.15, -0.1) is 0 Å². The number of carbonyl (C=O) groups excluding carboxylic acids is 1. The van der Waals surface area contributed by atoms with Crippen LogP contribution in [0.1, 0.15) is 12.0 Å². The van der Waals surface area contributed by atoms with Gasteiger partial charge >= 0.3 is 6.03 Å². The molecule has 1 rings (SSSR count). The van der Waals surface area contributed by atoms with Crippen LogP contribution in [0.4, 0.5) is 10.5 Å². The van der Waals surface area contributed by atoms with Crippen molar-refractivity contribution in [1.29, 1.82) is 0 Å². The molecule has 3 N–H and O–H groups in total. The zero-order valence-corrected chi connectivity index (χ0v) is 10.9. The molecule has 0 aliphatic carbocycles. The van der Waals surface area contributed by atoms with Crippen molar-refractivity contribution >= 4 is 11.7 Å². The molecule has 0 spiro atoms. The molecule has 5 nitrogen and oxygen atoms in total. The molecule has 1 aromatic carbocycles. The lowest BCUT2D eigenvalue weighted by Crippen LogP contribution is -2.29. The van der Waals surface area contributed by atoms with Gasteiger partial charge in [-0.25, -0.2) is 4.79 Å². The first-order chi connectivity index (χ1) is 8.61. The summed E-state index contributed by atoms with van der Waals surface area (Å²) in [6.45, 7) is 1.39. The van der Waals surface area contributed by atoms with Gasteiger partial charge < -0.3 is 20.6 Å². The fraction of sp³-hybridized carbons (Fsp3) is 0.462. The van der Waals surface area contributed by atoms with E-state index >= 15 is 0 Å². The van der Waals surface area contributed by atoms with Gasteiger partial charge in [-0.2, -0.15) is 0 Å². The molecule has 2 amide bonds. The quantitative estimate of drug-likeness (QED) is 0.667. The molecule has 0 aliphatic heterocycles. The minimum atomic E-state index is -0.245. The van der Waals surface area contributed by atoms with E-state index in [0.717, 1.165) is 17.8 Å². The van der Waals surface area contributed by atoms with E-state index < -0.39 is 0 Å². The molecule has 0 bridgehead atoms. The highest BCUT2D eigenvalue weighted by Gasteiger charge is 2.02. The van der Waals surface area contributed by atoms with Crippen LogP contribution in [0.5, 0.6) is 0 Å². The van der Waals surface area contributed by atoms with E-state index in [-0.39, 0.29) is 12.6 Å². The number of urea groups is 1. The van der Waals surface area contributed by atoms with Crippen LogP contribution in [-0.4, -0.2) is 43.3 Å². The molecular formula is C13H21N3O2. The Balaban J connectivity index is 2.48. The Morgan fingerprint density at radius 1 is 1.39 bits per heavy atom. The third-order valence-corrected chi connectivity index (χ3v) is 2.30. The average Bonchev–Trinajstić information content (AvgIpc) is 2.28. The number of anilines is 1. The summed E-state index contributed by atoms with van der Waals surface area (Å²) in [4.78, 5) is 13.6. The van der Waals surface area contributed by atoms with Crippen LogP contribution in [-0.2, 0) is 6.54 Å². The third-order valence-electron chi connectivity index (χ3n) is 2.30. The second-order valence-electron chi connectivity index (χ2n) is 4.40. The van der Waals surface area contributed by atoms with E-state index in [1.807, 2.05) is 38.4 Å². The van der Waals surface area contributed by atoms with E-state index in [0.29, 0.717) is 13.0 Å². The number of aliphatic hydroxyl groups excluding tert-OH is 1. The monoisotopic (exact) mass is 251 g/mol. The molecule has 0 heterocycles. The van der Waals surface area contributed by atoms with E-state index in [1.165, 1.54) is 0 Å². The summed E-state index contributed by atoms with van der Waals surface area (Å²) in [5.41, 5.74) is 1.92. The normalized spacial score (nSPS) is 10.4. The molecular weight excluding hydrogens is 230 g/mol. The van der Waals surface area contributed by atoms with Crippen molar-refractivity contribution in [2.75, 3.05) is 32.6 Å². The molecule has 0 saturated heterocycles. The Hall–Kier alpha value is -1.59. The second-order valence-corrected chi connectivity index (χ2v) is 4.40. The highest BCUT2D eigenvalue weighted by molar-refractivity contribution is 5.89. The Morgan fingerprint density at radius 2 is 2.17 bits per heavy atom. The van der Waals surface area contributed by atoms with Gasteiger partial charge in [-0.05, 0) is 38.2 Å². The summed E-state index contributed by atoms with van der Waals surface area (Å²) in [6, 6.07) is 7.50. The SMILES string of the molecule is CN(C)Cc1cccc(NC(=O)NCCCO)c1. The van der Waals surface area contributed by atoms with Crippen LogP contribution < -0.4 is 10.6 Å². The summed E-state index contributed by atoms with van der Waals surface area (Å²) in [5, 5.41) is 14.0. The number of amides is 2. The topological polar surface area (TPSA) is 64.6 Å². The highest BCUT2D eigenvalue weighted by Crippen LogP contribution is 2.11. The average molecular weight is 251 g/mol. The maximum Gasteiger partial charge on any atom is 0.319 e. The molecule has 0 unspecified atom stereocenters. The van der Waals surface area contributed by atoms with E-state index in [9.17, 15) is 4.79 Å².